The van der Waals surface area contributed by atoms with Crippen molar-refractivity contribution in [2.75, 3.05) is 6.61 Å². The molecule has 0 radical (unpaired) electrons. The number of hydrogen-bond donors (Lipinski definition) is 2. The van der Waals surface area contributed by atoms with Crippen molar-refractivity contribution in [2.45, 2.75) is 51.2 Å². The van der Waals surface area contributed by atoms with Gasteiger partial charge in [-0.05, 0) is 20.8 Å². The summed E-state index contributed by atoms with van der Waals surface area (Å²) in [6, 6.07) is 0. The van der Waals surface area contributed by atoms with Gasteiger partial charge in [0.15, 0.2) is 5.79 Å². The zero-order valence-corrected chi connectivity index (χ0v) is 12.4. The normalized spacial score (nSPS) is 27.4. The van der Waals surface area contributed by atoms with E-state index >= 15 is 0 Å². The van der Waals surface area contributed by atoms with Crippen molar-refractivity contribution >= 4 is 0 Å². The minimum Gasteiger partial charge on any atom is -0.848 e. The van der Waals surface area contributed by atoms with Crippen LogP contribution < -0.4 is 16.4 Å². The van der Waals surface area contributed by atoms with E-state index in [0.29, 0.717) is 4.57 Å². The molecule has 0 saturated carbocycles. The van der Waals surface area contributed by atoms with Crippen LogP contribution in [0.5, 0.6) is 0 Å². The number of aliphatic hydroxyl groups is 1. The van der Waals surface area contributed by atoms with Crippen LogP contribution in [0.3, 0.4) is 0 Å². The maximum Gasteiger partial charge on any atom is 0.330 e. The summed E-state index contributed by atoms with van der Waals surface area (Å²) in [4.78, 5) is 24.9. The van der Waals surface area contributed by atoms with Crippen LogP contribution in [0.25, 0.3) is 0 Å². The molecule has 1 aliphatic heterocycles. The lowest BCUT2D eigenvalue weighted by Crippen LogP contribution is -2.60. The minimum atomic E-state index is -2.24. The molecule has 0 spiro atoms. The average molecular weight is 317 g/mol. The van der Waals surface area contributed by atoms with E-state index in [-0.39, 0.29) is 12.2 Å². The van der Waals surface area contributed by atoms with E-state index in [4.69, 9.17) is 9.47 Å². The van der Waals surface area contributed by atoms with Crippen molar-refractivity contribution in [3.05, 3.63) is 32.6 Å². The molecule has 1 saturated heterocycles. The lowest BCUT2D eigenvalue weighted by Gasteiger charge is -2.46. The summed E-state index contributed by atoms with van der Waals surface area (Å²) in [5.41, 5.74) is -1.56. The van der Waals surface area contributed by atoms with Gasteiger partial charge in [0.05, 0.1) is 6.10 Å². The quantitative estimate of drug-likeness (QED) is 0.705. The molecule has 1 aliphatic rings. The number of aliphatic hydroxyl groups excluding tert-OH is 1. The molecule has 9 heteroatoms. The second-order valence-electron chi connectivity index (χ2n) is 5.67. The minimum absolute atomic E-state index is 0.0985. The number of hydrogen-bond acceptors (Lipinski definition) is 6. The van der Waals surface area contributed by atoms with Gasteiger partial charge in [0.25, 0.3) is 5.56 Å². The lowest BCUT2D eigenvalue weighted by molar-refractivity contribution is -0.490. The fourth-order valence-corrected chi connectivity index (χ4v) is 2.20. The molecule has 4 atom stereocenters. The number of ether oxygens (including phenoxy) is 2. The Bertz CT molecular complexity index is 655. The van der Waals surface area contributed by atoms with Gasteiger partial charge < -0.3 is 19.7 Å². The van der Waals surface area contributed by atoms with Crippen LogP contribution >= 0.6 is 0 Å². The summed E-state index contributed by atoms with van der Waals surface area (Å²) >= 11 is 0. The van der Waals surface area contributed by atoms with Gasteiger partial charge in [-0.25, -0.2) is 9.18 Å². The van der Waals surface area contributed by atoms with Crippen molar-refractivity contribution in [3.8, 4) is 0 Å². The second kappa shape index (κ2) is 5.92. The van der Waals surface area contributed by atoms with Crippen LogP contribution in [-0.2, 0) is 9.47 Å². The molecule has 2 rings (SSSR count). The Kier molecular flexibility index (Phi) is 4.52. The van der Waals surface area contributed by atoms with Crippen LogP contribution in [0.15, 0.2) is 15.8 Å². The fraction of sp³-hybridized carbons (Fsp3) is 0.692. The Balaban J connectivity index is 2.28. The summed E-state index contributed by atoms with van der Waals surface area (Å²) in [5.74, 6) is -1.14. The molecule has 0 aromatic carbocycles. The van der Waals surface area contributed by atoms with Crippen molar-refractivity contribution < 1.29 is 24.1 Å². The van der Waals surface area contributed by atoms with E-state index in [1.54, 1.807) is 0 Å². The van der Waals surface area contributed by atoms with Gasteiger partial charge >= 0.3 is 5.69 Å². The number of alkyl halides is 1. The summed E-state index contributed by atoms with van der Waals surface area (Å²) in [5, 5.41) is 21.9. The van der Waals surface area contributed by atoms with E-state index in [9.17, 15) is 24.2 Å². The van der Waals surface area contributed by atoms with E-state index in [0.717, 1.165) is 6.20 Å². The molecule has 0 bridgehead atoms. The number of nitrogens with zero attached hydrogens (tertiary/aromatic N) is 1. The van der Waals surface area contributed by atoms with E-state index in [2.05, 4.69) is 0 Å². The smallest absolute Gasteiger partial charge is 0.330 e. The zero-order valence-electron chi connectivity index (χ0n) is 12.4. The van der Waals surface area contributed by atoms with Gasteiger partial charge in [-0.2, -0.15) is 0 Å². The standard InChI is InChI=1S/C13H18FN2O6/c1-6-4-16(12(20)15-11(6)19)10(14)8(18)9-7(17)5-21-13(2,3)22-9/h4,7-10,18H,5H2,1-3H3,(H,15,19,20)/q-1/t7-,8-,9-,10-/m1/s1. The number of H-pyrrole nitrogens is 1. The molecule has 124 valence electrons. The molecule has 0 amide bonds. The first-order valence-corrected chi connectivity index (χ1v) is 6.74. The molecular weight excluding hydrogens is 299 g/mol. The molecule has 0 aliphatic carbocycles. The second-order valence-corrected chi connectivity index (χ2v) is 5.67. The Hall–Kier alpha value is -1.55. The molecule has 8 nitrogen and oxygen atoms in total. The van der Waals surface area contributed by atoms with Crippen LogP contribution in [0.1, 0.15) is 25.7 Å². The van der Waals surface area contributed by atoms with Crippen LogP contribution in [0.2, 0.25) is 0 Å². The molecule has 22 heavy (non-hydrogen) atoms. The first-order chi connectivity index (χ1) is 10.1. The monoisotopic (exact) mass is 317 g/mol. The third-order valence-electron chi connectivity index (χ3n) is 3.41. The molecule has 1 aromatic heterocycles. The third-order valence-corrected chi connectivity index (χ3v) is 3.41. The Morgan fingerprint density at radius 2 is 2.18 bits per heavy atom. The van der Waals surface area contributed by atoms with Crippen molar-refractivity contribution in [3.63, 3.8) is 0 Å². The van der Waals surface area contributed by atoms with Gasteiger partial charge in [0.1, 0.15) is 6.10 Å². The first-order valence-electron chi connectivity index (χ1n) is 6.74. The lowest BCUT2D eigenvalue weighted by atomic mass is 10.1. The van der Waals surface area contributed by atoms with E-state index in [1.165, 1.54) is 20.8 Å². The number of aryl methyl sites for hydroxylation is 1. The number of nitrogens with one attached hydrogen (secondary N) is 1. The zero-order chi connectivity index (χ0) is 16.7. The van der Waals surface area contributed by atoms with Crippen LogP contribution in [0.4, 0.5) is 4.39 Å². The summed E-state index contributed by atoms with van der Waals surface area (Å²) in [6.07, 6.45) is -6.02. The highest BCUT2D eigenvalue weighted by Crippen LogP contribution is 2.27. The van der Waals surface area contributed by atoms with Crippen LogP contribution in [-0.4, -0.2) is 45.4 Å². The SMILES string of the molecule is Cc1cn([C@@H](F)[C@H](O)[C@@H]2OC(C)(C)OC[C@H]2[O-])c(=O)[nH]c1=O. The van der Waals surface area contributed by atoms with Gasteiger partial charge in [-0.1, -0.05) is 6.10 Å². The molecule has 2 heterocycles. The maximum absolute atomic E-state index is 14.4. The summed E-state index contributed by atoms with van der Waals surface area (Å²) in [6.45, 7) is 4.20. The van der Waals surface area contributed by atoms with Crippen LogP contribution in [0, 0.1) is 6.92 Å². The predicted octanol–water partition coefficient (Wildman–Crippen LogP) is -1.45. The summed E-state index contributed by atoms with van der Waals surface area (Å²) in [7, 11) is 0. The van der Waals surface area contributed by atoms with E-state index < -0.39 is 41.6 Å². The van der Waals surface area contributed by atoms with Crippen molar-refractivity contribution in [1.29, 1.82) is 0 Å². The topological polar surface area (TPSA) is 117 Å². The summed E-state index contributed by atoms with van der Waals surface area (Å²) < 4.78 is 25.4. The number of aromatic nitrogens is 2. The highest BCUT2D eigenvalue weighted by molar-refractivity contribution is 5.02. The molecular formula is C13H18FN2O6-. The number of rotatable bonds is 3. The van der Waals surface area contributed by atoms with Gasteiger partial charge in [0, 0.05) is 18.4 Å². The molecule has 1 aromatic rings. The maximum atomic E-state index is 14.4. The highest BCUT2D eigenvalue weighted by atomic mass is 19.1. The average Bonchev–Trinajstić information content (AvgIpc) is 2.44. The van der Waals surface area contributed by atoms with Gasteiger partial charge in [0.2, 0.25) is 6.30 Å². The molecule has 1 fully saturated rings. The first kappa shape index (κ1) is 16.8. The Labute approximate surface area is 125 Å². The van der Waals surface area contributed by atoms with Crippen molar-refractivity contribution in [1.82, 2.24) is 9.55 Å². The van der Waals surface area contributed by atoms with Gasteiger partial charge in [-0.15, -0.1) is 0 Å². The fourth-order valence-electron chi connectivity index (χ4n) is 2.20. The van der Waals surface area contributed by atoms with E-state index in [1.807, 2.05) is 4.98 Å². The largest absolute Gasteiger partial charge is 0.848 e. The molecule has 2 N–H and O–H groups in total. The number of halogens is 1. The highest BCUT2D eigenvalue weighted by Gasteiger charge is 2.39. The number of aromatic amines is 1. The third kappa shape index (κ3) is 3.27. The predicted molar refractivity (Wildman–Crippen MR) is 70.9 cm³/mol. The van der Waals surface area contributed by atoms with Crippen molar-refractivity contribution in [2.24, 2.45) is 0 Å². The molecule has 0 unspecified atom stereocenters. The Morgan fingerprint density at radius 1 is 1.55 bits per heavy atom. The van der Waals surface area contributed by atoms with Gasteiger partial charge in [-0.3, -0.25) is 14.3 Å². The Morgan fingerprint density at radius 3 is 2.82 bits per heavy atom.